The van der Waals surface area contributed by atoms with Gasteiger partial charge >= 0.3 is 0 Å². The molecule has 2 N–H and O–H groups in total. The van der Waals surface area contributed by atoms with Crippen molar-refractivity contribution in [3.8, 4) is 0 Å². The molecule has 5 heteroatoms. The highest BCUT2D eigenvalue weighted by Gasteiger charge is 2.23. The smallest absolute Gasteiger partial charge is 0.123 e. The van der Waals surface area contributed by atoms with E-state index < -0.39 is 0 Å². The van der Waals surface area contributed by atoms with E-state index in [-0.39, 0.29) is 6.10 Å². The van der Waals surface area contributed by atoms with Gasteiger partial charge in [-0.1, -0.05) is 12.1 Å². The number of aliphatic hydroxyl groups is 1. The molecule has 120 valence electrons. The van der Waals surface area contributed by atoms with E-state index in [0.29, 0.717) is 12.5 Å². The highest BCUT2D eigenvalue weighted by atomic mass is 16.3. The lowest BCUT2D eigenvalue weighted by molar-refractivity contribution is 0.0554. The molecular weight excluding hydrogens is 276 g/mol. The van der Waals surface area contributed by atoms with Crippen LogP contribution in [0.3, 0.4) is 0 Å². The highest BCUT2D eigenvalue weighted by Crippen LogP contribution is 2.18. The minimum atomic E-state index is -0.248. The largest absolute Gasteiger partial charge is 0.392 e. The van der Waals surface area contributed by atoms with Crippen LogP contribution in [-0.2, 0) is 13.6 Å². The second-order valence-electron chi connectivity index (χ2n) is 6.43. The van der Waals surface area contributed by atoms with E-state index in [4.69, 9.17) is 4.98 Å². The zero-order chi connectivity index (χ0) is 15.5. The summed E-state index contributed by atoms with van der Waals surface area (Å²) in [4.78, 5) is 6.88. The van der Waals surface area contributed by atoms with Gasteiger partial charge in [-0.2, -0.15) is 0 Å². The number of hydrogen-bond acceptors (Lipinski definition) is 4. The first-order valence-electron chi connectivity index (χ1n) is 8.13. The first kappa shape index (κ1) is 15.5. The molecule has 0 aliphatic carbocycles. The molecule has 1 aromatic heterocycles. The highest BCUT2D eigenvalue weighted by molar-refractivity contribution is 5.75. The van der Waals surface area contributed by atoms with Gasteiger partial charge in [-0.05, 0) is 51.0 Å². The lowest BCUT2D eigenvalue weighted by atomic mass is 9.92. The third-order valence-electron chi connectivity index (χ3n) is 4.72. The summed E-state index contributed by atoms with van der Waals surface area (Å²) in [5, 5.41) is 13.8. The van der Waals surface area contributed by atoms with Gasteiger partial charge in [0.05, 0.1) is 23.7 Å². The van der Waals surface area contributed by atoms with Crippen LogP contribution in [0.5, 0.6) is 0 Å². The number of fused-ring (bicyclic) bond motifs is 1. The quantitative estimate of drug-likeness (QED) is 0.876. The average Bonchev–Trinajstić information content (AvgIpc) is 2.84. The minimum absolute atomic E-state index is 0.248. The third-order valence-corrected chi connectivity index (χ3v) is 4.72. The van der Waals surface area contributed by atoms with Crippen molar-refractivity contribution in [2.24, 2.45) is 13.0 Å². The summed E-state index contributed by atoms with van der Waals surface area (Å²) in [6.45, 7) is 3.51. The van der Waals surface area contributed by atoms with Gasteiger partial charge in [0.1, 0.15) is 5.82 Å². The van der Waals surface area contributed by atoms with Crippen LogP contribution in [0.4, 0.5) is 0 Å². The number of para-hydroxylation sites is 2. The van der Waals surface area contributed by atoms with Gasteiger partial charge in [0.25, 0.3) is 0 Å². The Morgan fingerprint density at radius 3 is 2.82 bits per heavy atom. The Morgan fingerprint density at radius 2 is 2.09 bits per heavy atom. The summed E-state index contributed by atoms with van der Waals surface area (Å²) in [7, 11) is 4.12. The monoisotopic (exact) mass is 302 g/mol. The van der Waals surface area contributed by atoms with Crippen LogP contribution in [0.25, 0.3) is 11.0 Å². The van der Waals surface area contributed by atoms with Gasteiger partial charge in [0, 0.05) is 13.6 Å². The first-order chi connectivity index (χ1) is 10.6. The normalized spacial score (nSPS) is 18.2. The summed E-state index contributed by atoms with van der Waals surface area (Å²) >= 11 is 0. The molecule has 2 heterocycles. The van der Waals surface area contributed by atoms with E-state index in [1.165, 1.54) is 0 Å². The second-order valence-corrected chi connectivity index (χ2v) is 6.43. The van der Waals surface area contributed by atoms with Crippen molar-refractivity contribution in [1.29, 1.82) is 0 Å². The van der Waals surface area contributed by atoms with Crippen molar-refractivity contribution in [2.45, 2.75) is 25.5 Å². The Balaban J connectivity index is 1.62. The molecule has 0 radical (unpaired) electrons. The van der Waals surface area contributed by atoms with Crippen LogP contribution in [-0.4, -0.2) is 52.3 Å². The number of piperidine rings is 1. The fraction of sp³-hybridized carbons (Fsp3) is 0.588. The summed E-state index contributed by atoms with van der Waals surface area (Å²) in [5.74, 6) is 1.46. The molecule has 1 saturated heterocycles. The summed E-state index contributed by atoms with van der Waals surface area (Å²) in [6.07, 6.45) is 1.89. The Morgan fingerprint density at radius 1 is 1.36 bits per heavy atom. The number of rotatable bonds is 5. The molecule has 2 aromatic rings. The first-order valence-corrected chi connectivity index (χ1v) is 8.13. The number of imidazole rings is 1. The summed E-state index contributed by atoms with van der Waals surface area (Å²) in [5.41, 5.74) is 2.19. The van der Waals surface area contributed by atoms with Gasteiger partial charge in [-0.15, -0.1) is 0 Å². The van der Waals surface area contributed by atoms with Gasteiger partial charge < -0.3 is 15.0 Å². The van der Waals surface area contributed by atoms with E-state index >= 15 is 0 Å². The van der Waals surface area contributed by atoms with Crippen molar-refractivity contribution in [3.05, 3.63) is 30.1 Å². The number of aryl methyl sites for hydroxylation is 1. The molecule has 0 saturated carbocycles. The zero-order valence-electron chi connectivity index (χ0n) is 13.5. The number of aliphatic hydroxyl groups excluding tert-OH is 1. The number of nitrogens with one attached hydrogen (secondary N) is 1. The molecule has 22 heavy (non-hydrogen) atoms. The lowest BCUT2D eigenvalue weighted by Crippen LogP contribution is -2.39. The van der Waals surface area contributed by atoms with Crippen LogP contribution >= 0.6 is 0 Å². The van der Waals surface area contributed by atoms with Crippen LogP contribution in [0.1, 0.15) is 18.7 Å². The minimum Gasteiger partial charge on any atom is -0.392 e. The van der Waals surface area contributed by atoms with Crippen molar-refractivity contribution < 1.29 is 5.11 Å². The molecule has 1 aromatic carbocycles. The van der Waals surface area contributed by atoms with Gasteiger partial charge in [0.15, 0.2) is 0 Å². The second kappa shape index (κ2) is 6.77. The van der Waals surface area contributed by atoms with Gasteiger partial charge in [-0.25, -0.2) is 4.98 Å². The predicted molar refractivity (Wildman–Crippen MR) is 88.6 cm³/mol. The predicted octanol–water partition coefficient (Wildman–Crippen LogP) is 1.37. The molecule has 1 unspecified atom stereocenters. The van der Waals surface area contributed by atoms with Crippen LogP contribution in [0.15, 0.2) is 24.3 Å². The molecule has 1 aliphatic heterocycles. The maximum atomic E-state index is 10.4. The fourth-order valence-electron chi connectivity index (χ4n) is 3.34. The molecule has 1 aliphatic rings. The van der Waals surface area contributed by atoms with E-state index in [1.807, 2.05) is 18.2 Å². The Hall–Kier alpha value is -1.43. The Labute approximate surface area is 131 Å². The maximum Gasteiger partial charge on any atom is 0.123 e. The molecule has 0 bridgehead atoms. The van der Waals surface area contributed by atoms with Crippen molar-refractivity contribution in [1.82, 2.24) is 19.8 Å². The molecule has 0 spiro atoms. The lowest BCUT2D eigenvalue weighted by Gasteiger charge is -2.30. The molecule has 3 rings (SSSR count). The number of nitrogens with zero attached hydrogens (tertiary/aromatic N) is 3. The third kappa shape index (κ3) is 3.32. The molecule has 5 nitrogen and oxygen atoms in total. The maximum absolute atomic E-state index is 10.4. The van der Waals surface area contributed by atoms with E-state index in [0.717, 1.165) is 49.3 Å². The van der Waals surface area contributed by atoms with Crippen molar-refractivity contribution in [3.63, 3.8) is 0 Å². The van der Waals surface area contributed by atoms with Gasteiger partial charge in [0.2, 0.25) is 0 Å². The van der Waals surface area contributed by atoms with Crippen molar-refractivity contribution in [2.75, 3.05) is 26.7 Å². The Kier molecular flexibility index (Phi) is 4.76. The Bertz CT molecular complexity index is 618. The fourth-order valence-corrected chi connectivity index (χ4v) is 3.34. The van der Waals surface area contributed by atoms with Crippen LogP contribution < -0.4 is 5.32 Å². The average molecular weight is 302 g/mol. The molecule has 1 fully saturated rings. The molecule has 1 atom stereocenters. The van der Waals surface area contributed by atoms with Gasteiger partial charge in [-0.3, -0.25) is 4.90 Å². The van der Waals surface area contributed by atoms with E-state index in [2.05, 4.69) is 34.9 Å². The number of likely N-dealkylation sites (N-methyl/N-ethyl adjacent to an activating group) is 1. The number of hydrogen-bond donors (Lipinski definition) is 2. The van der Waals surface area contributed by atoms with Crippen molar-refractivity contribution >= 4 is 11.0 Å². The topological polar surface area (TPSA) is 53.3 Å². The SMILES string of the molecule is CN(Cc1nc2ccccc2n1C)CC(O)C1CCNCC1. The van der Waals surface area contributed by atoms with Crippen LogP contribution in [0.2, 0.25) is 0 Å². The summed E-state index contributed by atoms with van der Waals surface area (Å²) < 4.78 is 2.14. The number of aromatic nitrogens is 2. The standard InChI is InChI=1S/C17H26N4O/c1-20(11-16(22)13-7-9-18-10-8-13)12-17-19-14-5-3-4-6-15(14)21(17)2/h3-6,13,16,18,22H,7-12H2,1-2H3. The van der Waals surface area contributed by atoms with Crippen LogP contribution in [0, 0.1) is 5.92 Å². The molecule has 0 amide bonds. The number of benzene rings is 1. The van der Waals surface area contributed by atoms with E-state index in [9.17, 15) is 5.11 Å². The van der Waals surface area contributed by atoms with E-state index in [1.54, 1.807) is 0 Å². The molecular formula is C17H26N4O. The zero-order valence-corrected chi connectivity index (χ0v) is 13.5. The summed E-state index contributed by atoms with van der Waals surface area (Å²) in [6, 6.07) is 8.19.